The molecule has 0 heterocycles. The first-order chi connectivity index (χ1) is 7.86. The van der Waals surface area contributed by atoms with Gasteiger partial charge in [0.05, 0.1) is 10.8 Å². The highest BCUT2D eigenvalue weighted by molar-refractivity contribution is 7.88. The van der Waals surface area contributed by atoms with Crippen LogP contribution in [0.3, 0.4) is 0 Å². The second-order valence-corrected chi connectivity index (χ2v) is 4.66. The van der Waals surface area contributed by atoms with E-state index < -0.39 is 10.8 Å². The predicted molar refractivity (Wildman–Crippen MR) is 68.3 cm³/mol. The lowest BCUT2D eigenvalue weighted by molar-refractivity contribution is 0.688. The van der Waals surface area contributed by atoms with Gasteiger partial charge in [-0.15, -0.1) is 0 Å². The zero-order valence-corrected chi connectivity index (χ0v) is 9.56. The summed E-state index contributed by atoms with van der Waals surface area (Å²) in [6.07, 6.45) is 1.88. The van der Waals surface area contributed by atoms with E-state index >= 15 is 0 Å². The Hall–Kier alpha value is -1.67. The number of hydrogen-bond acceptors (Lipinski definition) is 1. The molecule has 0 aliphatic rings. The first kappa shape index (κ1) is 10.8. The molecule has 1 nitrogen and oxygen atoms in total. The summed E-state index contributed by atoms with van der Waals surface area (Å²) in [5.41, 5.74) is 1.06. The molecule has 0 fully saturated rings. The van der Waals surface area contributed by atoms with Crippen molar-refractivity contribution in [1.29, 1.82) is 0 Å². The van der Waals surface area contributed by atoms with E-state index in [2.05, 4.69) is 0 Å². The van der Waals surface area contributed by atoms with Gasteiger partial charge in [0.15, 0.2) is 0 Å². The van der Waals surface area contributed by atoms with Crippen molar-refractivity contribution in [3.63, 3.8) is 0 Å². The maximum Gasteiger partial charge on any atom is 0.0776 e. The monoisotopic (exact) mass is 228 g/mol. The fourth-order valence-electron chi connectivity index (χ4n) is 1.34. The van der Waals surface area contributed by atoms with Crippen LogP contribution in [0.5, 0.6) is 0 Å². The summed E-state index contributed by atoms with van der Waals surface area (Å²) >= 11 is 0. The van der Waals surface area contributed by atoms with Crippen molar-refractivity contribution >= 4 is 16.9 Å². The van der Waals surface area contributed by atoms with Crippen LogP contribution >= 0.6 is 0 Å². The van der Waals surface area contributed by atoms with E-state index in [1.165, 1.54) is 0 Å². The smallest absolute Gasteiger partial charge is 0.0776 e. The van der Waals surface area contributed by atoms with Crippen LogP contribution in [0.15, 0.2) is 71.0 Å². The van der Waals surface area contributed by atoms with Gasteiger partial charge in [0, 0.05) is 10.3 Å². The van der Waals surface area contributed by atoms with Crippen molar-refractivity contribution in [2.75, 3.05) is 0 Å². The fraction of sp³-hybridized carbons (Fsp3) is 0. The van der Waals surface area contributed by atoms with E-state index in [1.54, 1.807) is 5.41 Å². The van der Waals surface area contributed by atoms with Gasteiger partial charge in [-0.3, -0.25) is 0 Å². The average molecular weight is 228 g/mol. The number of hydrogen-bond donors (Lipinski definition) is 0. The largest absolute Gasteiger partial charge is 0.250 e. The van der Waals surface area contributed by atoms with Gasteiger partial charge in [0.2, 0.25) is 0 Å². The van der Waals surface area contributed by atoms with Gasteiger partial charge < -0.3 is 0 Å². The Bertz CT molecular complexity index is 489. The molecule has 16 heavy (non-hydrogen) atoms. The molecule has 0 unspecified atom stereocenters. The molecule has 1 atom stereocenters. The van der Waals surface area contributed by atoms with Crippen LogP contribution in [-0.4, -0.2) is 4.21 Å². The lowest BCUT2D eigenvalue weighted by Gasteiger charge is -1.95. The quantitative estimate of drug-likeness (QED) is 0.786. The zero-order valence-electron chi connectivity index (χ0n) is 8.74. The van der Waals surface area contributed by atoms with Crippen LogP contribution < -0.4 is 0 Å². The van der Waals surface area contributed by atoms with Crippen molar-refractivity contribution in [3.8, 4) is 0 Å². The number of benzene rings is 2. The molecule has 2 rings (SSSR count). The molecule has 0 aromatic heterocycles. The van der Waals surface area contributed by atoms with Gasteiger partial charge in [-0.2, -0.15) is 0 Å². The normalized spacial score (nSPS) is 12.8. The minimum atomic E-state index is -1.06. The van der Waals surface area contributed by atoms with Gasteiger partial charge in [0.1, 0.15) is 0 Å². The van der Waals surface area contributed by atoms with Crippen LogP contribution in [0, 0.1) is 0 Å². The Labute approximate surface area is 97.9 Å². The lowest BCUT2D eigenvalue weighted by atomic mass is 10.2. The second-order valence-electron chi connectivity index (χ2n) is 3.32. The van der Waals surface area contributed by atoms with E-state index in [9.17, 15) is 4.21 Å². The van der Waals surface area contributed by atoms with Crippen molar-refractivity contribution in [3.05, 3.63) is 71.6 Å². The highest BCUT2D eigenvalue weighted by Crippen LogP contribution is 2.09. The third kappa shape index (κ3) is 2.91. The molecule has 2 heteroatoms. The molecule has 0 N–H and O–H groups in total. The predicted octanol–water partition coefficient (Wildman–Crippen LogP) is 3.47. The Kier molecular flexibility index (Phi) is 3.67. The van der Waals surface area contributed by atoms with Crippen LogP contribution in [0.1, 0.15) is 5.56 Å². The molecule has 0 bridgehead atoms. The van der Waals surface area contributed by atoms with E-state index in [4.69, 9.17) is 0 Å². The summed E-state index contributed by atoms with van der Waals surface area (Å²) in [7, 11) is -1.06. The molecule has 0 radical (unpaired) electrons. The Morgan fingerprint density at radius 2 is 1.38 bits per heavy atom. The SMILES string of the molecule is O=[S@@](/C=C\c1ccccc1)c1ccccc1. The van der Waals surface area contributed by atoms with Gasteiger partial charge in [-0.05, 0) is 23.8 Å². The lowest BCUT2D eigenvalue weighted by Crippen LogP contribution is -1.84. The summed E-state index contributed by atoms with van der Waals surface area (Å²) in [6.45, 7) is 0. The molecule has 2 aromatic carbocycles. The highest BCUT2D eigenvalue weighted by atomic mass is 32.2. The summed E-state index contributed by atoms with van der Waals surface area (Å²) < 4.78 is 11.8. The second kappa shape index (κ2) is 5.42. The molecule has 2 aromatic rings. The van der Waals surface area contributed by atoms with Crippen molar-refractivity contribution in [1.82, 2.24) is 0 Å². The molecular formula is C14H12OS. The van der Waals surface area contributed by atoms with Gasteiger partial charge >= 0.3 is 0 Å². The third-order valence-electron chi connectivity index (χ3n) is 2.16. The zero-order chi connectivity index (χ0) is 11.2. The summed E-state index contributed by atoms with van der Waals surface area (Å²) in [5.74, 6) is 0. The fourth-order valence-corrected chi connectivity index (χ4v) is 2.20. The van der Waals surface area contributed by atoms with Gasteiger partial charge in [0.25, 0.3) is 0 Å². The van der Waals surface area contributed by atoms with Gasteiger partial charge in [-0.25, -0.2) is 4.21 Å². The van der Waals surface area contributed by atoms with Crippen molar-refractivity contribution in [2.45, 2.75) is 4.90 Å². The minimum Gasteiger partial charge on any atom is -0.250 e. The molecule has 0 saturated carbocycles. The van der Waals surface area contributed by atoms with E-state index in [0.717, 1.165) is 10.5 Å². The first-order valence-corrected chi connectivity index (χ1v) is 6.26. The van der Waals surface area contributed by atoms with Crippen LogP contribution in [0.4, 0.5) is 0 Å². The molecule has 0 amide bonds. The van der Waals surface area contributed by atoms with Crippen molar-refractivity contribution < 1.29 is 4.21 Å². The molecule has 0 spiro atoms. The van der Waals surface area contributed by atoms with Crippen molar-refractivity contribution in [2.24, 2.45) is 0 Å². The van der Waals surface area contributed by atoms with E-state index in [1.807, 2.05) is 66.7 Å². The van der Waals surface area contributed by atoms with Gasteiger partial charge in [-0.1, -0.05) is 48.5 Å². The Balaban J connectivity index is 2.12. The standard InChI is InChI=1S/C14H12OS/c15-16(14-9-5-2-6-10-14)12-11-13-7-3-1-4-8-13/h1-12H/b12-11-/t16-/m0/s1. The third-order valence-corrected chi connectivity index (χ3v) is 3.28. The topological polar surface area (TPSA) is 17.1 Å². The maximum absolute atomic E-state index is 11.8. The Morgan fingerprint density at radius 3 is 2.00 bits per heavy atom. The molecule has 0 saturated heterocycles. The summed E-state index contributed by atoms with van der Waals surface area (Å²) in [5, 5.41) is 1.71. The average Bonchev–Trinajstić information content (AvgIpc) is 2.38. The highest BCUT2D eigenvalue weighted by Gasteiger charge is 1.96. The number of rotatable bonds is 3. The van der Waals surface area contributed by atoms with Crippen LogP contribution in [0.2, 0.25) is 0 Å². The van der Waals surface area contributed by atoms with Crippen LogP contribution in [0.25, 0.3) is 6.08 Å². The first-order valence-electron chi connectivity index (χ1n) is 5.05. The molecule has 0 aliphatic carbocycles. The van der Waals surface area contributed by atoms with Crippen LogP contribution in [-0.2, 0) is 10.8 Å². The maximum atomic E-state index is 11.8. The molecular weight excluding hydrogens is 216 g/mol. The van der Waals surface area contributed by atoms with E-state index in [0.29, 0.717) is 0 Å². The Morgan fingerprint density at radius 1 is 0.812 bits per heavy atom. The summed E-state index contributed by atoms with van der Waals surface area (Å²) in [4.78, 5) is 0.828. The molecule has 80 valence electrons. The van der Waals surface area contributed by atoms with E-state index in [-0.39, 0.29) is 0 Å². The summed E-state index contributed by atoms with van der Waals surface area (Å²) in [6, 6.07) is 19.3. The minimum absolute atomic E-state index is 0.828. The molecule has 0 aliphatic heterocycles.